The van der Waals surface area contributed by atoms with Crippen molar-refractivity contribution < 1.29 is 9.62 Å². The van der Waals surface area contributed by atoms with Gasteiger partial charge in [-0.2, -0.15) is 0 Å². The molecule has 114 valence electrons. The summed E-state index contributed by atoms with van der Waals surface area (Å²) in [5.74, 6) is 1.33. The highest BCUT2D eigenvalue weighted by Crippen LogP contribution is 2.21. The molecule has 20 heavy (non-hydrogen) atoms. The molecule has 0 aliphatic heterocycles. The first-order chi connectivity index (χ1) is 9.45. The second-order valence-corrected chi connectivity index (χ2v) is 5.95. The molecule has 1 unspecified atom stereocenters. The lowest BCUT2D eigenvalue weighted by molar-refractivity contribution is 0.304. The summed E-state index contributed by atoms with van der Waals surface area (Å²) < 4.78 is 5.31. The summed E-state index contributed by atoms with van der Waals surface area (Å²) in [6, 6.07) is 4.38. The third-order valence-electron chi connectivity index (χ3n) is 3.68. The first-order valence-corrected chi connectivity index (χ1v) is 7.19. The average molecular weight is 281 g/mol. The van der Waals surface area contributed by atoms with Gasteiger partial charge in [-0.1, -0.05) is 19.0 Å². The van der Waals surface area contributed by atoms with Crippen molar-refractivity contribution in [2.45, 2.75) is 52.5 Å². The van der Waals surface area contributed by atoms with Gasteiger partial charge in [0, 0.05) is 17.9 Å². The zero-order chi connectivity index (χ0) is 15.0. The summed E-state index contributed by atoms with van der Waals surface area (Å²) >= 11 is 0. The van der Waals surface area contributed by atoms with Crippen LogP contribution in [0.25, 0.3) is 0 Å². The number of amidine groups is 1. The molecule has 0 aliphatic rings. The number of nitrogens with two attached hydrogens (primary N) is 1. The largest absolute Gasteiger partial charge is 0.469 e. The molecular formula is C15H27N3O2. The molecule has 0 spiro atoms. The smallest absolute Gasteiger partial charge is 0.144 e. The highest BCUT2D eigenvalue weighted by atomic mass is 16.4. The Morgan fingerprint density at radius 2 is 2.30 bits per heavy atom. The minimum Gasteiger partial charge on any atom is -0.469 e. The summed E-state index contributed by atoms with van der Waals surface area (Å²) in [5.41, 5.74) is 5.41. The molecule has 0 amide bonds. The van der Waals surface area contributed by atoms with Crippen molar-refractivity contribution in [2.24, 2.45) is 16.3 Å². The van der Waals surface area contributed by atoms with Gasteiger partial charge in [0.15, 0.2) is 0 Å². The number of nitrogens with one attached hydrogen (secondary N) is 1. The third kappa shape index (κ3) is 5.65. The minimum absolute atomic E-state index is 0.256. The van der Waals surface area contributed by atoms with Crippen molar-refractivity contribution in [3.05, 3.63) is 24.2 Å². The van der Waals surface area contributed by atoms with Gasteiger partial charge in [0.25, 0.3) is 0 Å². The summed E-state index contributed by atoms with van der Waals surface area (Å²) in [6.07, 6.45) is 5.60. The maximum absolute atomic E-state index is 8.71. The maximum atomic E-state index is 8.71. The van der Waals surface area contributed by atoms with E-state index < -0.39 is 0 Å². The standard InChI is InChI=1S/C15H27N3O2/c1-12(7-8-13-6-4-11-20-13)17-10-5-9-15(2,3)14(16)18-19/h4,6,11-12,17,19H,5,7-10H2,1-3H3,(H2,16,18). The molecule has 5 nitrogen and oxygen atoms in total. The SMILES string of the molecule is CC(CCc1ccco1)NCCCC(C)(C)C(N)=NO. The van der Waals surface area contributed by atoms with Crippen molar-refractivity contribution in [3.63, 3.8) is 0 Å². The van der Waals surface area contributed by atoms with E-state index in [-0.39, 0.29) is 5.41 Å². The quantitative estimate of drug-likeness (QED) is 0.214. The Balaban J connectivity index is 2.14. The van der Waals surface area contributed by atoms with E-state index in [1.807, 2.05) is 26.0 Å². The predicted molar refractivity (Wildman–Crippen MR) is 80.9 cm³/mol. The maximum Gasteiger partial charge on any atom is 0.144 e. The Labute approximate surface area is 121 Å². The van der Waals surface area contributed by atoms with Crippen LogP contribution in [0, 0.1) is 5.41 Å². The van der Waals surface area contributed by atoms with Crippen molar-refractivity contribution in [1.82, 2.24) is 5.32 Å². The Bertz CT molecular complexity index is 399. The van der Waals surface area contributed by atoms with Crippen LogP contribution in [0.3, 0.4) is 0 Å². The number of furan rings is 1. The number of rotatable bonds is 9. The number of aryl methyl sites for hydroxylation is 1. The molecule has 0 bridgehead atoms. The van der Waals surface area contributed by atoms with Gasteiger partial charge in [0.1, 0.15) is 11.6 Å². The molecule has 1 aromatic heterocycles. The van der Waals surface area contributed by atoms with Gasteiger partial charge in [0.2, 0.25) is 0 Å². The molecule has 0 radical (unpaired) electrons. The molecule has 0 saturated heterocycles. The van der Waals surface area contributed by atoms with Crippen LogP contribution in [0.2, 0.25) is 0 Å². The molecule has 1 rings (SSSR count). The first-order valence-electron chi connectivity index (χ1n) is 7.19. The van der Waals surface area contributed by atoms with Crippen molar-refractivity contribution >= 4 is 5.84 Å². The molecule has 0 saturated carbocycles. The van der Waals surface area contributed by atoms with Crippen LogP contribution < -0.4 is 11.1 Å². The highest BCUT2D eigenvalue weighted by molar-refractivity contribution is 5.85. The van der Waals surface area contributed by atoms with E-state index in [4.69, 9.17) is 15.4 Å². The van der Waals surface area contributed by atoms with Gasteiger partial charge in [0.05, 0.1) is 6.26 Å². The molecule has 0 aromatic carbocycles. The molecule has 1 atom stereocenters. The van der Waals surface area contributed by atoms with Crippen molar-refractivity contribution in [3.8, 4) is 0 Å². The first kappa shape index (κ1) is 16.6. The monoisotopic (exact) mass is 281 g/mol. The van der Waals surface area contributed by atoms with E-state index in [1.54, 1.807) is 6.26 Å². The number of hydrogen-bond acceptors (Lipinski definition) is 4. The van der Waals surface area contributed by atoms with E-state index in [0.29, 0.717) is 11.9 Å². The molecule has 5 heteroatoms. The minimum atomic E-state index is -0.256. The Morgan fingerprint density at radius 1 is 1.55 bits per heavy atom. The van der Waals surface area contributed by atoms with Crippen LogP contribution in [-0.4, -0.2) is 23.6 Å². The molecule has 0 aliphatic carbocycles. The van der Waals surface area contributed by atoms with E-state index in [2.05, 4.69) is 17.4 Å². The summed E-state index contributed by atoms with van der Waals surface area (Å²) in [7, 11) is 0. The number of hydrogen-bond donors (Lipinski definition) is 3. The topological polar surface area (TPSA) is 83.8 Å². The Hall–Kier alpha value is -1.49. The van der Waals surface area contributed by atoms with Gasteiger partial charge in [-0.15, -0.1) is 0 Å². The fourth-order valence-corrected chi connectivity index (χ4v) is 2.06. The fraction of sp³-hybridized carbons (Fsp3) is 0.667. The van der Waals surface area contributed by atoms with Crippen LogP contribution in [0.4, 0.5) is 0 Å². The second-order valence-electron chi connectivity index (χ2n) is 5.95. The van der Waals surface area contributed by atoms with Gasteiger partial charge >= 0.3 is 0 Å². The van der Waals surface area contributed by atoms with Crippen LogP contribution in [0.15, 0.2) is 28.0 Å². The summed E-state index contributed by atoms with van der Waals surface area (Å²) in [5, 5.41) is 15.3. The Morgan fingerprint density at radius 3 is 2.90 bits per heavy atom. The average Bonchev–Trinajstić information content (AvgIpc) is 2.93. The zero-order valence-corrected chi connectivity index (χ0v) is 12.7. The lowest BCUT2D eigenvalue weighted by Crippen LogP contribution is -2.33. The fourth-order valence-electron chi connectivity index (χ4n) is 2.06. The zero-order valence-electron chi connectivity index (χ0n) is 12.7. The van der Waals surface area contributed by atoms with Crippen molar-refractivity contribution in [2.75, 3.05) is 6.54 Å². The molecule has 4 N–H and O–H groups in total. The number of oxime groups is 1. The molecule has 1 aromatic rings. The second kappa shape index (κ2) is 7.94. The van der Waals surface area contributed by atoms with Crippen molar-refractivity contribution in [1.29, 1.82) is 0 Å². The van der Waals surface area contributed by atoms with Crippen LogP contribution >= 0.6 is 0 Å². The number of nitrogens with zero attached hydrogens (tertiary/aromatic N) is 1. The van der Waals surface area contributed by atoms with Crippen LogP contribution in [0.1, 0.15) is 45.8 Å². The molecular weight excluding hydrogens is 254 g/mol. The van der Waals surface area contributed by atoms with E-state index >= 15 is 0 Å². The predicted octanol–water partition coefficient (Wildman–Crippen LogP) is 2.74. The highest BCUT2D eigenvalue weighted by Gasteiger charge is 2.22. The lowest BCUT2D eigenvalue weighted by atomic mass is 9.86. The molecule has 1 heterocycles. The van der Waals surface area contributed by atoms with Crippen LogP contribution in [0.5, 0.6) is 0 Å². The van der Waals surface area contributed by atoms with Gasteiger partial charge in [-0.05, 0) is 44.9 Å². The van der Waals surface area contributed by atoms with E-state index in [9.17, 15) is 0 Å². The van der Waals surface area contributed by atoms with E-state index in [1.165, 1.54) is 0 Å². The van der Waals surface area contributed by atoms with E-state index in [0.717, 1.165) is 38.0 Å². The lowest BCUT2D eigenvalue weighted by Gasteiger charge is -2.23. The molecule has 0 fully saturated rings. The van der Waals surface area contributed by atoms with Crippen LogP contribution in [-0.2, 0) is 6.42 Å². The normalized spacial score (nSPS) is 14.4. The van der Waals surface area contributed by atoms with Gasteiger partial charge < -0.3 is 20.7 Å². The third-order valence-corrected chi connectivity index (χ3v) is 3.68. The Kier molecular flexibility index (Phi) is 6.58. The summed E-state index contributed by atoms with van der Waals surface area (Å²) in [4.78, 5) is 0. The van der Waals surface area contributed by atoms with Gasteiger partial charge in [-0.3, -0.25) is 0 Å². The van der Waals surface area contributed by atoms with Gasteiger partial charge in [-0.25, -0.2) is 0 Å². The summed E-state index contributed by atoms with van der Waals surface area (Å²) in [6.45, 7) is 7.09.